The first kappa shape index (κ1) is 24.8. The highest BCUT2D eigenvalue weighted by molar-refractivity contribution is 9.10. The van der Waals surface area contributed by atoms with E-state index in [4.69, 9.17) is 38.4 Å². The SMILES string of the molecule is CC1(C)OCC([C@H]2O[C@@H]3OC(C)(C)O[C@@H]3[C@H]2OCCn2c3ccc(Br)cc3c3nc4ccccc4nc32)O1. The Morgan fingerprint density at radius 1 is 0.974 bits per heavy atom. The number of nitrogens with zero attached hydrogens (tertiary/aromatic N) is 3. The Labute approximate surface area is 228 Å². The summed E-state index contributed by atoms with van der Waals surface area (Å²) >= 11 is 3.61. The van der Waals surface area contributed by atoms with Crippen LogP contribution >= 0.6 is 15.9 Å². The van der Waals surface area contributed by atoms with E-state index in [1.807, 2.05) is 58.0 Å². The lowest BCUT2D eigenvalue weighted by molar-refractivity contribution is -0.236. The van der Waals surface area contributed by atoms with Crippen molar-refractivity contribution in [2.75, 3.05) is 13.2 Å². The van der Waals surface area contributed by atoms with Crippen LogP contribution < -0.4 is 0 Å². The molecule has 200 valence electrons. The second-order valence-electron chi connectivity index (χ2n) is 11.0. The summed E-state index contributed by atoms with van der Waals surface area (Å²) in [6, 6.07) is 14.2. The first-order valence-electron chi connectivity index (χ1n) is 13.0. The number of halogens is 1. The van der Waals surface area contributed by atoms with Gasteiger partial charge < -0.3 is 33.0 Å². The lowest BCUT2D eigenvalue weighted by Crippen LogP contribution is -2.44. The van der Waals surface area contributed by atoms with Crippen LogP contribution in [0, 0.1) is 0 Å². The molecule has 2 aromatic carbocycles. The van der Waals surface area contributed by atoms with Crippen molar-refractivity contribution in [3.8, 4) is 0 Å². The molecular formula is C28H30BrN3O6. The van der Waals surface area contributed by atoms with E-state index < -0.39 is 17.9 Å². The highest BCUT2D eigenvalue weighted by Gasteiger charge is 2.58. The van der Waals surface area contributed by atoms with Crippen molar-refractivity contribution in [1.29, 1.82) is 0 Å². The van der Waals surface area contributed by atoms with Gasteiger partial charge in [-0.25, -0.2) is 9.97 Å². The molecule has 7 rings (SSSR count). The molecule has 0 N–H and O–H groups in total. The first-order valence-corrected chi connectivity index (χ1v) is 13.8. The Hall–Kier alpha value is -2.18. The molecule has 0 amide bonds. The van der Waals surface area contributed by atoms with Gasteiger partial charge in [0.05, 0.1) is 29.8 Å². The van der Waals surface area contributed by atoms with Gasteiger partial charge in [-0.1, -0.05) is 28.1 Å². The van der Waals surface area contributed by atoms with E-state index in [0.717, 1.165) is 37.6 Å². The molecule has 0 bridgehead atoms. The van der Waals surface area contributed by atoms with Crippen molar-refractivity contribution < 1.29 is 28.4 Å². The quantitative estimate of drug-likeness (QED) is 0.327. The van der Waals surface area contributed by atoms with Crippen LogP contribution in [0.4, 0.5) is 0 Å². The average molecular weight is 584 g/mol. The predicted octanol–water partition coefficient (Wildman–Crippen LogP) is 4.91. The lowest BCUT2D eigenvalue weighted by atomic mass is 10.1. The molecule has 4 aromatic rings. The van der Waals surface area contributed by atoms with Crippen LogP contribution in [0.2, 0.25) is 0 Å². The number of fused-ring (bicyclic) bond motifs is 5. The van der Waals surface area contributed by atoms with Gasteiger partial charge in [-0.05, 0) is 58.0 Å². The minimum absolute atomic E-state index is 0.279. The summed E-state index contributed by atoms with van der Waals surface area (Å²) in [6.07, 6.45) is -1.91. The van der Waals surface area contributed by atoms with Gasteiger partial charge in [-0.15, -0.1) is 0 Å². The third kappa shape index (κ3) is 4.23. The van der Waals surface area contributed by atoms with E-state index in [1.165, 1.54) is 0 Å². The van der Waals surface area contributed by atoms with Gasteiger partial charge in [-0.3, -0.25) is 0 Å². The van der Waals surface area contributed by atoms with Crippen LogP contribution in [0.3, 0.4) is 0 Å². The van der Waals surface area contributed by atoms with Crippen molar-refractivity contribution >= 4 is 49.0 Å². The fourth-order valence-electron chi connectivity index (χ4n) is 5.78. The Kier molecular flexibility index (Phi) is 5.83. The van der Waals surface area contributed by atoms with Gasteiger partial charge >= 0.3 is 0 Å². The van der Waals surface area contributed by atoms with E-state index >= 15 is 0 Å². The Morgan fingerprint density at radius 2 is 1.76 bits per heavy atom. The molecule has 38 heavy (non-hydrogen) atoms. The van der Waals surface area contributed by atoms with Crippen molar-refractivity contribution in [2.45, 2.75) is 76.5 Å². The largest absolute Gasteiger partial charge is 0.371 e. The number of hydrogen-bond donors (Lipinski definition) is 0. The Morgan fingerprint density at radius 3 is 2.53 bits per heavy atom. The van der Waals surface area contributed by atoms with Gasteiger partial charge in [0.15, 0.2) is 23.5 Å². The summed E-state index contributed by atoms with van der Waals surface area (Å²) in [6.45, 7) is 8.99. The van der Waals surface area contributed by atoms with E-state index in [9.17, 15) is 0 Å². The van der Waals surface area contributed by atoms with Gasteiger partial charge in [0.2, 0.25) is 0 Å². The van der Waals surface area contributed by atoms with Gasteiger partial charge in [-0.2, -0.15) is 0 Å². The summed E-state index contributed by atoms with van der Waals surface area (Å²) in [5.41, 5.74) is 4.48. The zero-order valence-electron chi connectivity index (χ0n) is 21.7. The molecule has 5 atom stereocenters. The summed E-state index contributed by atoms with van der Waals surface area (Å²) in [4.78, 5) is 9.94. The molecule has 3 saturated heterocycles. The summed E-state index contributed by atoms with van der Waals surface area (Å²) in [7, 11) is 0. The molecule has 0 spiro atoms. The van der Waals surface area contributed by atoms with E-state index in [2.05, 4.69) is 32.6 Å². The van der Waals surface area contributed by atoms with Gasteiger partial charge in [0, 0.05) is 16.4 Å². The molecule has 10 heteroatoms. The normalized spacial score (nSPS) is 30.1. The maximum Gasteiger partial charge on any atom is 0.190 e. The number of ether oxygens (including phenoxy) is 6. The summed E-state index contributed by atoms with van der Waals surface area (Å²) in [5, 5.41) is 1.04. The fraction of sp³-hybridized carbons (Fsp3) is 0.500. The minimum atomic E-state index is -0.745. The standard InChI is InChI=1S/C28H30BrN3O6/c1-27(2)34-14-20(36-27)22-23(24-26(35-22)38-28(3,4)37-24)33-12-11-32-19-10-9-15(29)13-16(19)21-25(32)31-18-8-6-5-7-17(18)30-21/h5-10,13,20,22-24,26H,11-12,14H2,1-4H3/t20?,22-,23+,24-,26-/m1/s1. The molecule has 0 aliphatic carbocycles. The maximum absolute atomic E-state index is 6.54. The van der Waals surface area contributed by atoms with Gasteiger partial charge in [0.1, 0.15) is 29.9 Å². The van der Waals surface area contributed by atoms with Crippen LogP contribution in [-0.2, 0) is 35.0 Å². The van der Waals surface area contributed by atoms with Crippen molar-refractivity contribution in [2.24, 2.45) is 0 Å². The molecule has 0 saturated carbocycles. The third-order valence-electron chi connectivity index (χ3n) is 7.36. The molecular weight excluding hydrogens is 554 g/mol. The van der Waals surface area contributed by atoms with E-state index in [1.54, 1.807) is 0 Å². The molecule has 1 unspecified atom stereocenters. The third-order valence-corrected chi connectivity index (χ3v) is 7.85. The van der Waals surface area contributed by atoms with Crippen molar-refractivity contribution in [1.82, 2.24) is 14.5 Å². The average Bonchev–Trinajstić information content (AvgIpc) is 3.56. The number of benzene rings is 2. The second-order valence-corrected chi connectivity index (χ2v) is 11.9. The number of rotatable bonds is 5. The molecule has 9 nitrogen and oxygen atoms in total. The topological polar surface area (TPSA) is 86.1 Å². The second kappa shape index (κ2) is 8.92. The van der Waals surface area contributed by atoms with Crippen LogP contribution in [0.25, 0.3) is 33.1 Å². The van der Waals surface area contributed by atoms with Crippen LogP contribution in [0.15, 0.2) is 46.9 Å². The first-order chi connectivity index (χ1) is 18.2. The number of hydrogen-bond acceptors (Lipinski definition) is 8. The molecule has 0 radical (unpaired) electrons. The Balaban J connectivity index is 1.19. The molecule has 5 heterocycles. The molecule has 3 aliphatic rings. The minimum Gasteiger partial charge on any atom is -0.371 e. The Bertz CT molecular complexity index is 1540. The highest BCUT2D eigenvalue weighted by Crippen LogP contribution is 2.42. The van der Waals surface area contributed by atoms with Crippen LogP contribution in [-0.4, -0.2) is 70.0 Å². The lowest BCUT2D eigenvalue weighted by Gasteiger charge is -2.29. The van der Waals surface area contributed by atoms with Crippen molar-refractivity contribution in [3.63, 3.8) is 0 Å². The van der Waals surface area contributed by atoms with E-state index in [-0.39, 0.29) is 24.4 Å². The molecule has 2 aromatic heterocycles. The van der Waals surface area contributed by atoms with Crippen LogP contribution in [0.1, 0.15) is 27.7 Å². The smallest absolute Gasteiger partial charge is 0.190 e. The number of aromatic nitrogens is 3. The molecule has 3 aliphatic heterocycles. The highest BCUT2D eigenvalue weighted by atomic mass is 79.9. The van der Waals surface area contributed by atoms with Crippen molar-refractivity contribution in [3.05, 3.63) is 46.9 Å². The number of para-hydroxylation sites is 2. The maximum atomic E-state index is 6.54. The van der Waals surface area contributed by atoms with Gasteiger partial charge in [0.25, 0.3) is 0 Å². The molecule has 3 fully saturated rings. The van der Waals surface area contributed by atoms with E-state index in [0.29, 0.717) is 19.8 Å². The van der Waals surface area contributed by atoms with Crippen LogP contribution in [0.5, 0.6) is 0 Å². The monoisotopic (exact) mass is 583 g/mol. The summed E-state index contributed by atoms with van der Waals surface area (Å²) in [5.74, 6) is -1.42. The zero-order chi connectivity index (χ0) is 26.2. The zero-order valence-corrected chi connectivity index (χ0v) is 23.3. The predicted molar refractivity (Wildman–Crippen MR) is 144 cm³/mol. The fourth-order valence-corrected chi connectivity index (χ4v) is 6.14. The summed E-state index contributed by atoms with van der Waals surface area (Å²) < 4.78 is 40.2.